The summed E-state index contributed by atoms with van der Waals surface area (Å²) in [5, 5.41) is 15.6. The molecule has 2 N–H and O–H groups in total. The van der Waals surface area contributed by atoms with E-state index in [1.165, 1.54) is 0 Å². The molecule has 0 aromatic rings. The van der Waals surface area contributed by atoms with Crippen LogP contribution in [0.25, 0.3) is 0 Å². The number of aliphatic carboxylic acids is 2. The summed E-state index contributed by atoms with van der Waals surface area (Å²) in [5.41, 5.74) is 2.12. The van der Waals surface area contributed by atoms with Crippen LogP contribution in [0.1, 0.15) is 0 Å². The van der Waals surface area contributed by atoms with Gasteiger partial charge in [-0.1, -0.05) is 0 Å². The highest BCUT2D eigenvalue weighted by Crippen LogP contribution is 2.17. The van der Waals surface area contributed by atoms with E-state index in [0.717, 1.165) is 11.3 Å². The average Bonchev–Trinajstić information content (AvgIpc) is 2.76. The van der Waals surface area contributed by atoms with Crippen molar-refractivity contribution >= 4 is 24.4 Å². The van der Waals surface area contributed by atoms with Gasteiger partial charge in [0.1, 0.15) is 0 Å². The standard InChI is InChI=1S/C6H4N2.C4H4O4/c1-2-8-6-4-7-3-5(1)6;5-3(6)1-2-4(7)8/h1-4H;1-2H,(H,5,6)(H,7,8)/b;2-1+. The molecule has 0 fully saturated rings. The molecule has 2 aliphatic heterocycles. The second kappa shape index (κ2) is 5.40. The zero-order valence-electron chi connectivity index (χ0n) is 8.07. The Labute approximate surface area is 90.7 Å². The first-order valence-corrected chi connectivity index (χ1v) is 4.21. The van der Waals surface area contributed by atoms with Gasteiger partial charge in [-0.15, -0.1) is 0 Å². The van der Waals surface area contributed by atoms with Crippen molar-refractivity contribution in [1.82, 2.24) is 0 Å². The first-order valence-electron chi connectivity index (χ1n) is 4.21. The number of carboxylic acid groups (broad SMARTS) is 2. The molecule has 0 radical (unpaired) electrons. The number of carbonyl (C=O) groups is 2. The summed E-state index contributed by atoms with van der Waals surface area (Å²) in [6, 6.07) is 0. The number of allylic oxidation sites excluding steroid dienone is 2. The molecule has 82 valence electrons. The van der Waals surface area contributed by atoms with Crippen molar-refractivity contribution in [3.63, 3.8) is 0 Å². The van der Waals surface area contributed by atoms with Crippen LogP contribution in [0.2, 0.25) is 0 Å². The van der Waals surface area contributed by atoms with Gasteiger partial charge in [0.25, 0.3) is 0 Å². The van der Waals surface area contributed by atoms with E-state index in [2.05, 4.69) is 9.98 Å². The van der Waals surface area contributed by atoms with E-state index < -0.39 is 11.9 Å². The molecule has 0 aliphatic carbocycles. The third-order valence-corrected chi connectivity index (χ3v) is 1.54. The van der Waals surface area contributed by atoms with E-state index in [1.54, 1.807) is 12.4 Å². The van der Waals surface area contributed by atoms with Crippen molar-refractivity contribution in [2.75, 3.05) is 0 Å². The highest BCUT2D eigenvalue weighted by atomic mass is 16.4. The predicted molar refractivity (Wildman–Crippen MR) is 57.6 cm³/mol. The molecule has 0 saturated carbocycles. The molecule has 0 aromatic heterocycles. The van der Waals surface area contributed by atoms with Crippen molar-refractivity contribution < 1.29 is 19.8 Å². The minimum Gasteiger partial charge on any atom is -0.478 e. The first-order chi connectivity index (χ1) is 7.59. The molecule has 2 rings (SSSR count). The van der Waals surface area contributed by atoms with Crippen LogP contribution in [-0.4, -0.2) is 34.6 Å². The van der Waals surface area contributed by atoms with E-state index in [-0.39, 0.29) is 0 Å². The Balaban J connectivity index is 0.000000160. The molecular weight excluding hydrogens is 212 g/mol. The number of carboxylic acids is 2. The van der Waals surface area contributed by atoms with Gasteiger partial charge in [0.05, 0.1) is 11.9 Å². The number of nitrogens with zero attached hydrogens (tertiary/aromatic N) is 2. The Morgan fingerprint density at radius 3 is 2.31 bits per heavy atom. The largest absolute Gasteiger partial charge is 0.478 e. The molecule has 6 nitrogen and oxygen atoms in total. The molecule has 0 spiro atoms. The van der Waals surface area contributed by atoms with Gasteiger partial charge in [-0.3, -0.25) is 9.98 Å². The zero-order valence-corrected chi connectivity index (χ0v) is 8.07. The molecule has 0 aromatic carbocycles. The summed E-state index contributed by atoms with van der Waals surface area (Å²) < 4.78 is 0. The number of rotatable bonds is 2. The Bertz CT molecular complexity index is 413. The molecule has 0 atom stereocenters. The lowest BCUT2D eigenvalue weighted by Crippen LogP contribution is -1.91. The number of fused-ring (bicyclic) bond motifs is 1. The maximum absolute atomic E-state index is 9.55. The van der Waals surface area contributed by atoms with Crippen LogP contribution in [0.15, 0.2) is 45.7 Å². The fourth-order valence-corrected chi connectivity index (χ4v) is 0.906. The van der Waals surface area contributed by atoms with E-state index >= 15 is 0 Å². The summed E-state index contributed by atoms with van der Waals surface area (Å²) in [7, 11) is 0. The lowest BCUT2D eigenvalue weighted by atomic mass is 10.3. The van der Waals surface area contributed by atoms with Crippen molar-refractivity contribution in [3.8, 4) is 0 Å². The summed E-state index contributed by atoms with van der Waals surface area (Å²) in [4.78, 5) is 27.0. The normalized spacial score (nSPS) is 15.2. The second-order valence-electron chi connectivity index (χ2n) is 2.70. The SMILES string of the molecule is C1=NC=C2N=CC=C12.O=C(O)/C=C/C(=O)O. The van der Waals surface area contributed by atoms with Crippen LogP contribution in [0.3, 0.4) is 0 Å². The zero-order chi connectivity index (χ0) is 12.0. The van der Waals surface area contributed by atoms with E-state index in [0.29, 0.717) is 12.2 Å². The van der Waals surface area contributed by atoms with Crippen LogP contribution in [0.4, 0.5) is 0 Å². The Morgan fingerprint density at radius 1 is 1.19 bits per heavy atom. The lowest BCUT2D eigenvalue weighted by Gasteiger charge is -1.81. The van der Waals surface area contributed by atoms with E-state index in [9.17, 15) is 9.59 Å². The lowest BCUT2D eigenvalue weighted by molar-refractivity contribution is -0.134. The second-order valence-corrected chi connectivity index (χ2v) is 2.70. The van der Waals surface area contributed by atoms with Crippen molar-refractivity contribution in [2.45, 2.75) is 0 Å². The molecule has 16 heavy (non-hydrogen) atoms. The van der Waals surface area contributed by atoms with Gasteiger partial charge in [0.2, 0.25) is 0 Å². The predicted octanol–water partition coefficient (Wildman–Crippen LogP) is 0.635. The minimum atomic E-state index is -1.26. The number of hydrogen-bond acceptors (Lipinski definition) is 4. The monoisotopic (exact) mass is 220 g/mol. The van der Waals surface area contributed by atoms with Crippen molar-refractivity contribution in [1.29, 1.82) is 0 Å². The molecular formula is C10H8N2O4. The van der Waals surface area contributed by atoms with Gasteiger partial charge in [0, 0.05) is 30.2 Å². The maximum Gasteiger partial charge on any atom is 0.328 e. The molecule has 2 aliphatic rings. The topological polar surface area (TPSA) is 99.3 Å². The van der Waals surface area contributed by atoms with Crippen LogP contribution in [0, 0.1) is 0 Å². The van der Waals surface area contributed by atoms with E-state index in [4.69, 9.17) is 10.2 Å². The minimum absolute atomic E-state index is 0.558. The summed E-state index contributed by atoms with van der Waals surface area (Å²) in [5.74, 6) is -2.51. The Kier molecular flexibility index (Phi) is 3.90. The molecule has 0 unspecified atom stereocenters. The quantitative estimate of drug-likeness (QED) is 0.667. The molecule has 0 amide bonds. The van der Waals surface area contributed by atoms with Gasteiger partial charge >= 0.3 is 11.9 Å². The van der Waals surface area contributed by atoms with Crippen LogP contribution in [0.5, 0.6) is 0 Å². The summed E-state index contributed by atoms with van der Waals surface area (Å²) in [6.45, 7) is 0. The molecule has 0 bridgehead atoms. The van der Waals surface area contributed by atoms with Gasteiger partial charge < -0.3 is 10.2 Å². The maximum atomic E-state index is 9.55. The molecule has 0 saturated heterocycles. The smallest absolute Gasteiger partial charge is 0.328 e. The summed E-state index contributed by atoms with van der Waals surface area (Å²) >= 11 is 0. The van der Waals surface area contributed by atoms with Gasteiger partial charge in [0.15, 0.2) is 0 Å². The highest BCUT2D eigenvalue weighted by molar-refractivity contribution is 5.97. The van der Waals surface area contributed by atoms with Crippen LogP contribution < -0.4 is 0 Å². The Hall–Kier alpha value is -2.50. The highest BCUT2D eigenvalue weighted by Gasteiger charge is 2.07. The summed E-state index contributed by atoms with van der Waals surface area (Å²) in [6.07, 6.45) is 8.41. The third kappa shape index (κ3) is 3.70. The van der Waals surface area contributed by atoms with Crippen molar-refractivity contribution in [2.24, 2.45) is 9.98 Å². The fraction of sp³-hybridized carbons (Fsp3) is 0. The van der Waals surface area contributed by atoms with Crippen LogP contribution in [-0.2, 0) is 9.59 Å². The average molecular weight is 220 g/mol. The fourth-order valence-electron chi connectivity index (χ4n) is 0.906. The van der Waals surface area contributed by atoms with Crippen molar-refractivity contribution in [3.05, 3.63) is 35.7 Å². The third-order valence-electron chi connectivity index (χ3n) is 1.54. The van der Waals surface area contributed by atoms with Gasteiger partial charge in [-0.25, -0.2) is 9.59 Å². The molecule has 2 heterocycles. The Morgan fingerprint density at radius 2 is 1.81 bits per heavy atom. The number of hydrogen-bond donors (Lipinski definition) is 2. The molecule has 6 heteroatoms. The van der Waals surface area contributed by atoms with E-state index in [1.807, 2.05) is 12.3 Å². The van der Waals surface area contributed by atoms with Crippen LogP contribution >= 0.6 is 0 Å². The van der Waals surface area contributed by atoms with Gasteiger partial charge in [-0.05, 0) is 6.08 Å². The van der Waals surface area contributed by atoms with Gasteiger partial charge in [-0.2, -0.15) is 0 Å². The number of aliphatic imine (C=N–C) groups is 2. The first kappa shape index (κ1) is 11.6.